The van der Waals surface area contributed by atoms with Gasteiger partial charge in [0.15, 0.2) is 0 Å². The number of oxazole rings is 1. The molecule has 23 heavy (non-hydrogen) atoms. The molecule has 0 spiro atoms. The number of likely N-dealkylation sites (tertiary alicyclic amines) is 1. The Balaban J connectivity index is 1.77. The number of hydrogen-bond acceptors (Lipinski definition) is 4. The Morgan fingerprint density at radius 2 is 2.26 bits per heavy atom. The van der Waals surface area contributed by atoms with Crippen LogP contribution in [-0.2, 0) is 11.3 Å². The maximum Gasteiger partial charge on any atom is 0.228 e. The molecular formula is C17H20ClN3O2. The summed E-state index contributed by atoms with van der Waals surface area (Å²) < 4.78 is 5.78. The number of halogens is 1. The third kappa shape index (κ3) is 3.57. The second-order valence-corrected chi connectivity index (χ2v) is 6.39. The lowest BCUT2D eigenvalue weighted by Crippen LogP contribution is -2.40. The molecule has 2 aromatic rings. The lowest BCUT2D eigenvalue weighted by Gasteiger charge is -2.30. The molecule has 0 saturated carbocycles. The monoisotopic (exact) mass is 333 g/mol. The maximum atomic E-state index is 11.4. The highest BCUT2D eigenvalue weighted by atomic mass is 35.5. The van der Waals surface area contributed by atoms with Gasteiger partial charge in [-0.3, -0.25) is 9.69 Å². The third-order valence-electron chi connectivity index (χ3n) is 4.28. The fourth-order valence-electron chi connectivity index (χ4n) is 2.97. The van der Waals surface area contributed by atoms with Crippen molar-refractivity contribution in [2.24, 2.45) is 11.7 Å². The number of nitrogens with two attached hydrogens (primary N) is 1. The van der Waals surface area contributed by atoms with Crippen molar-refractivity contribution in [3.63, 3.8) is 0 Å². The number of rotatable bonds is 4. The molecule has 0 aliphatic carbocycles. The van der Waals surface area contributed by atoms with Crippen LogP contribution in [-0.4, -0.2) is 28.9 Å². The van der Waals surface area contributed by atoms with Crippen LogP contribution in [0.3, 0.4) is 0 Å². The summed E-state index contributed by atoms with van der Waals surface area (Å²) in [5.74, 6) is 1.02. The van der Waals surface area contributed by atoms with E-state index in [-0.39, 0.29) is 11.8 Å². The molecule has 1 atom stereocenters. The maximum absolute atomic E-state index is 11.4. The second kappa shape index (κ2) is 6.72. The summed E-state index contributed by atoms with van der Waals surface area (Å²) in [7, 11) is 0. The molecule has 1 aliphatic heterocycles. The molecule has 0 radical (unpaired) electrons. The largest absolute Gasteiger partial charge is 0.441 e. The summed E-state index contributed by atoms with van der Waals surface area (Å²) in [4.78, 5) is 18.2. The van der Waals surface area contributed by atoms with Gasteiger partial charge in [-0.1, -0.05) is 23.7 Å². The molecule has 122 valence electrons. The van der Waals surface area contributed by atoms with E-state index in [0.29, 0.717) is 24.0 Å². The lowest BCUT2D eigenvalue weighted by atomic mass is 9.97. The van der Waals surface area contributed by atoms with E-state index in [2.05, 4.69) is 9.88 Å². The molecule has 0 unspecified atom stereocenters. The van der Waals surface area contributed by atoms with Gasteiger partial charge in [0.2, 0.25) is 11.8 Å². The van der Waals surface area contributed by atoms with E-state index in [4.69, 9.17) is 21.8 Å². The van der Waals surface area contributed by atoms with Gasteiger partial charge in [0, 0.05) is 13.1 Å². The first kappa shape index (κ1) is 16.0. The number of hydrogen-bond donors (Lipinski definition) is 1. The summed E-state index contributed by atoms with van der Waals surface area (Å²) in [6.45, 7) is 4.18. The van der Waals surface area contributed by atoms with E-state index in [9.17, 15) is 4.79 Å². The van der Waals surface area contributed by atoms with Crippen molar-refractivity contribution >= 4 is 17.5 Å². The van der Waals surface area contributed by atoms with Gasteiger partial charge in [-0.25, -0.2) is 4.98 Å². The normalized spacial score (nSPS) is 19.0. The predicted octanol–water partition coefficient (Wildman–Crippen LogP) is 3.00. The Morgan fingerprint density at radius 1 is 1.48 bits per heavy atom. The topological polar surface area (TPSA) is 72.4 Å². The molecule has 1 amide bonds. The summed E-state index contributed by atoms with van der Waals surface area (Å²) in [5, 5.41) is 0.618. The molecule has 1 saturated heterocycles. The molecular weight excluding hydrogens is 314 g/mol. The van der Waals surface area contributed by atoms with Crippen LogP contribution < -0.4 is 5.73 Å². The van der Waals surface area contributed by atoms with Crippen molar-refractivity contribution in [2.45, 2.75) is 26.3 Å². The first-order valence-electron chi connectivity index (χ1n) is 7.77. The van der Waals surface area contributed by atoms with E-state index in [1.54, 1.807) is 0 Å². The molecule has 2 heterocycles. The molecule has 1 fully saturated rings. The van der Waals surface area contributed by atoms with Crippen molar-refractivity contribution in [2.75, 3.05) is 13.1 Å². The first-order chi connectivity index (χ1) is 11.0. The summed E-state index contributed by atoms with van der Waals surface area (Å²) >= 11 is 6.20. The van der Waals surface area contributed by atoms with Gasteiger partial charge >= 0.3 is 0 Å². The average Bonchev–Trinajstić information content (AvgIpc) is 2.89. The zero-order valence-corrected chi connectivity index (χ0v) is 13.8. The Labute approximate surface area is 140 Å². The van der Waals surface area contributed by atoms with Gasteiger partial charge < -0.3 is 10.2 Å². The van der Waals surface area contributed by atoms with Crippen LogP contribution in [0, 0.1) is 12.8 Å². The molecule has 1 aromatic carbocycles. The standard InChI is InChI=1S/C17H20ClN3O2/c1-11-15(10-21-8-4-5-12(9-21)16(19)22)20-17(23-11)13-6-2-3-7-14(13)18/h2-3,6-7,12H,4-5,8-10H2,1H3,(H2,19,22)/t12-/m0/s1. The number of aromatic nitrogens is 1. The number of carbonyl (C=O) groups is 1. The molecule has 0 bridgehead atoms. The van der Waals surface area contributed by atoms with Crippen LogP contribution in [0.15, 0.2) is 28.7 Å². The Bertz CT molecular complexity index is 714. The number of primary amides is 1. The Morgan fingerprint density at radius 3 is 3.00 bits per heavy atom. The summed E-state index contributed by atoms with van der Waals surface area (Å²) in [6, 6.07) is 7.49. The van der Waals surface area contributed by atoms with Gasteiger partial charge in [-0.15, -0.1) is 0 Å². The number of piperidine rings is 1. The van der Waals surface area contributed by atoms with Crippen molar-refractivity contribution in [1.82, 2.24) is 9.88 Å². The van der Waals surface area contributed by atoms with E-state index >= 15 is 0 Å². The molecule has 1 aromatic heterocycles. The molecule has 2 N–H and O–H groups in total. The Hall–Kier alpha value is -1.85. The van der Waals surface area contributed by atoms with Crippen LogP contribution in [0.2, 0.25) is 5.02 Å². The molecule has 6 heteroatoms. The van der Waals surface area contributed by atoms with E-state index in [0.717, 1.165) is 36.4 Å². The van der Waals surface area contributed by atoms with Crippen molar-refractivity contribution in [1.29, 1.82) is 0 Å². The smallest absolute Gasteiger partial charge is 0.228 e. The van der Waals surface area contributed by atoms with Gasteiger partial charge in [0.05, 0.1) is 22.2 Å². The molecule has 5 nitrogen and oxygen atoms in total. The number of aryl methyl sites for hydroxylation is 1. The fourth-order valence-corrected chi connectivity index (χ4v) is 3.18. The van der Waals surface area contributed by atoms with E-state index in [1.165, 1.54) is 0 Å². The average molecular weight is 334 g/mol. The fraction of sp³-hybridized carbons (Fsp3) is 0.412. The number of amides is 1. The minimum Gasteiger partial charge on any atom is -0.441 e. The van der Waals surface area contributed by atoms with Gasteiger partial charge in [-0.2, -0.15) is 0 Å². The van der Waals surface area contributed by atoms with Gasteiger partial charge in [0.1, 0.15) is 5.76 Å². The van der Waals surface area contributed by atoms with E-state index in [1.807, 2.05) is 31.2 Å². The van der Waals surface area contributed by atoms with Crippen LogP contribution in [0.25, 0.3) is 11.5 Å². The highest BCUT2D eigenvalue weighted by Gasteiger charge is 2.25. The molecule has 1 aliphatic rings. The number of benzene rings is 1. The minimum absolute atomic E-state index is 0.0704. The van der Waals surface area contributed by atoms with Crippen LogP contribution in [0.1, 0.15) is 24.3 Å². The van der Waals surface area contributed by atoms with Gasteiger partial charge in [0.25, 0.3) is 0 Å². The van der Waals surface area contributed by atoms with E-state index < -0.39 is 0 Å². The van der Waals surface area contributed by atoms with Crippen molar-refractivity contribution in [3.05, 3.63) is 40.7 Å². The SMILES string of the molecule is Cc1oc(-c2ccccc2Cl)nc1CN1CCC[C@H](C(N)=O)C1. The quantitative estimate of drug-likeness (QED) is 0.933. The minimum atomic E-state index is -0.219. The summed E-state index contributed by atoms with van der Waals surface area (Å²) in [6.07, 6.45) is 1.84. The van der Waals surface area contributed by atoms with Crippen molar-refractivity contribution in [3.8, 4) is 11.5 Å². The highest BCUT2D eigenvalue weighted by molar-refractivity contribution is 6.33. The number of carbonyl (C=O) groups excluding carboxylic acids is 1. The zero-order valence-electron chi connectivity index (χ0n) is 13.1. The zero-order chi connectivity index (χ0) is 16.4. The second-order valence-electron chi connectivity index (χ2n) is 5.98. The van der Waals surface area contributed by atoms with Crippen LogP contribution >= 0.6 is 11.6 Å². The number of nitrogens with zero attached hydrogens (tertiary/aromatic N) is 2. The van der Waals surface area contributed by atoms with Gasteiger partial charge in [-0.05, 0) is 38.4 Å². The molecule has 3 rings (SSSR count). The predicted molar refractivity (Wildman–Crippen MR) is 88.9 cm³/mol. The summed E-state index contributed by atoms with van der Waals surface area (Å²) in [5.41, 5.74) is 7.10. The highest BCUT2D eigenvalue weighted by Crippen LogP contribution is 2.29. The van der Waals surface area contributed by atoms with Crippen molar-refractivity contribution < 1.29 is 9.21 Å². The third-order valence-corrected chi connectivity index (χ3v) is 4.61. The van der Waals surface area contributed by atoms with Crippen LogP contribution in [0.4, 0.5) is 0 Å². The van der Waals surface area contributed by atoms with Crippen LogP contribution in [0.5, 0.6) is 0 Å². The lowest BCUT2D eigenvalue weighted by molar-refractivity contribution is -0.123. The first-order valence-corrected chi connectivity index (χ1v) is 8.15. The Kier molecular flexibility index (Phi) is 4.68.